The lowest BCUT2D eigenvalue weighted by atomic mass is 10.0. The molecule has 0 radical (unpaired) electrons. The van der Waals surface area contributed by atoms with Crippen molar-refractivity contribution < 1.29 is 32.7 Å². The van der Waals surface area contributed by atoms with Crippen molar-refractivity contribution in [3.63, 3.8) is 0 Å². The molecule has 2 aromatic carbocycles. The van der Waals surface area contributed by atoms with Crippen molar-refractivity contribution in [2.75, 3.05) is 12.3 Å². The van der Waals surface area contributed by atoms with Crippen LogP contribution in [0.2, 0.25) is 0 Å². The molecule has 0 saturated carbocycles. The summed E-state index contributed by atoms with van der Waals surface area (Å²) >= 11 is 1.26. The van der Waals surface area contributed by atoms with Crippen LogP contribution in [0.15, 0.2) is 60.7 Å². The molecule has 0 bridgehead atoms. The number of halogens is 3. The van der Waals surface area contributed by atoms with E-state index in [9.17, 15) is 22.8 Å². The van der Waals surface area contributed by atoms with Crippen LogP contribution in [0.1, 0.15) is 30.4 Å². The number of rotatable bonds is 12. The van der Waals surface area contributed by atoms with E-state index in [-0.39, 0.29) is 11.0 Å². The Morgan fingerprint density at radius 3 is 1.89 bits per heavy atom. The maximum atomic E-state index is 12.6. The molecule has 6 N–H and O–H groups in total. The van der Waals surface area contributed by atoms with Gasteiger partial charge in [-0.05, 0) is 49.8 Å². The molecule has 0 saturated heterocycles. The smallest absolute Gasteiger partial charge is 0.475 e. The van der Waals surface area contributed by atoms with E-state index in [1.165, 1.54) is 17.3 Å². The molecule has 0 unspecified atom stereocenters. The Labute approximate surface area is 212 Å². The summed E-state index contributed by atoms with van der Waals surface area (Å²) in [6.45, 7) is 0.481. The van der Waals surface area contributed by atoms with Crippen LogP contribution in [0, 0.1) is 0 Å². The number of hydrogen-bond donors (Lipinski definition) is 4. The van der Waals surface area contributed by atoms with Gasteiger partial charge in [-0.3, -0.25) is 9.59 Å². The lowest BCUT2D eigenvalue weighted by Crippen LogP contribution is -2.48. The largest absolute Gasteiger partial charge is 0.490 e. The number of carboxylic acids is 1. The van der Waals surface area contributed by atoms with Crippen LogP contribution in [-0.4, -0.2) is 52.7 Å². The van der Waals surface area contributed by atoms with Gasteiger partial charge in [0.15, 0.2) is 0 Å². The molecular weight excluding hydrogens is 495 g/mol. The number of carboxylic acid groups (broad SMARTS) is 1. The Balaban J connectivity index is 0.000000809. The van der Waals surface area contributed by atoms with E-state index < -0.39 is 24.2 Å². The highest BCUT2D eigenvalue weighted by Gasteiger charge is 2.38. The SMILES string of the molecule is NCCC[C@H](NC(=O)[C@@H](N)CCc1ccccc1)C(=O)SCCc1ccccc1.O=C(O)C(F)(F)F. The van der Waals surface area contributed by atoms with Crippen LogP contribution in [0.4, 0.5) is 13.2 Å². The van der Waals surface area contributed by atoms with Gasteiger partial charge in [-0.25, -0.2) is 4.79 Å². The van der Waals surface area contributed by atoms with Gasteiger partial charge in [-0.2, -0.15) is 13.2 Å². The Morgan fingerprint density at radius 2 is 1.42 bits per heavy atom. The molecule has 36 heavy (non-hydrogen) atoms. The molecule has 1 amide bonds. The van der Waals surface area contributed by atoms with E-state index in [1.54, 1.807) is 0 Å². The van der Waals surface area contributed by atoms with Gasteiger partial charge in [-0.15, -0.1) is 0 Å². The zero-order chi connectivity index (χ0) is 27.0. The van der Waals surface area contributed by atoms with Crippen LogP contribution in [0.5, 0.6) is 0 Å². The summed E-state index contributed by atoms with van der Waals surface area (Å²) in [7, 11) is 0. The molecule has 0 spiro atoms. The molecule has 0 fully saturated rings. The summed E-state index contributed by atoms with van der Waals surface area (Å²) in [5, 5.41) is 9.94. The molecule has 11 heteroatoms. The Bertz CT molecular complexity index is 931. The number of thioether (sulfide) groups is 1. The van der Waals surface area contributed by atoms with Crippen molar-refractivity contribution in [1.29, 1.82) is 0 Å². The second-order valence-corrected chi connectivity index (χ2v) is 8.93. The molecule has 198 valence electrons. The van der Waals surface area contributed by atoms with Crippen LogP contribution < -0.4 is 16.8 Å². The van der Waals surface area contributed by atoms with E-state index in [1.807, 2.05) is 60.7 Å². The Kier molecular flexibility index (Phi) is 14.5. The predicted octanol–water partition coefficient (Wildman–Crippen LogP) is 3.31. The quantitative estimate of drug-likeness (QED) is 0.333. The lowest BCUT2D eigenvalue weighted by molar-refractivity contribution is -0.192. The molecule has 0 heterocycles. The zero-order valence-electron chi connectivity index (χ0n) is 19.7. The Morgan fingerprint density at radius 1 is 0.917 bits per heavy atom. The third-order valence-electron chi connectivity index (χ3n) is 4.94. The molecule has 0 aliphatic rings. The van der Waals surface area contributed by atoms with Crippen molar-refractivity contribution in [3.05, 3.63) is 71.8 Å². The van der Waals surface area contributed by atoms with Gasteiger partial charge in [0.1, 0.15) is 0 Å². The first-order valence-electron chi connectivity index (χ1n) is 11.3. The van der Waals surface area contributed by atoms with Gasteiger partial charge >= 0.3 is 12.1 Å². The van der Waals surface area contributed by atoms with Crippen LogP contribution >= 0.6 is 11.8 Å². The summed E-state index contributed by atoms with van der Waals surface area (Å²) < 4.78 is 31.7. The van der Waals surface area contributed by atoms with E-state index in [2.05, 4.69) is 5.32 Å². The number of nitrogens with two attached hydrogens (primary N) is 2. The summed E-state index contributed by atoms with van der Waals surface area (Å²) in [6.07, 6.45) is -1.80. The monoisotopic (exact) mass is 527 g/mol. The molecule has 7 nitrogen and oxygen atoms in total. The van der Waals surface area contributed by atoms with E-state index >= 15 is 0 Å². The van der Waals surface area contributed by atoms with Crippen LogP contribution in [0.25, 0.3) is 0 Å². The number of benzene rings is 2. The molecule has 2 atom stereocenters. The fraction of sp³-hybridized carbons (Fsp3) is 0.400. The van der Waals surface area contributed by atoms with Crippen molar-refractivity contribution in [2.24, 2.45) is 11.5 Å². The molecule has 2 aromatic rings. The topological polar surface area (TPSA) is 136 Å². The number of aliphatic carboxylic acids is 1. The van der Waals surface area contributed by atoms with Gasteiger partial charge in [0, 0.05) is 5.75 Å². The fourth-order valence-electron chi connectivity index (χ4n) is 2.96. The van der Waals surface area contributed by atoms with Crippen molar-refractivity contribution in [3.8, 4) is 0 Å². The fourth-order valence-corrected chi connectivity index (χ4v) is 3.88. The second kappa shape index (κ2) is 16.7. The standard InChI is InChI=1S/C23H31N3O2S.C2HF3O2/c24-16-7-12-21(23(28)29-17-15-19-10-5-2-6-11-19)26-22(27)20(25)14-13-18-8-3-1-4-9-18;3-2(4,5)1(6)7/h1-6,8-11,20-21H,7,12-17,24-25H2,(H,26,27);(H,6,7)/t20-,21-;/m0./s1. The molecule has 0 aliphatic heterocycles. The second-order valence-electron chi connectivity index (χ2n) is 7.83. The maximum Gasteiger partial charge on any atom is 0.490 e. The normalized spacial score (nSPS) is 12.6. The summed E-state index contributed by atoms with van der Waals surface area (Å²) in [4.78, 5) is 34.0. The number of aryl methyl sites for hydroxylation is 2. The number of carbonyl (C=O) groups excluding carboxylic acids is 2. The van der Waals surface area contributed by atoms with Gasteiger partial charge < -0.3 is 21.9 Å². The average molecular weight is 528 g/mol. The highest BCUT2D eigenvalue weighted by molar-refractivity contribution is 8.13. The molecule has 0 aromatic heterocycles. The maximum absolute atomic E-state index is 12.6. The zero-order valence-corrected chi connectivity index (χ0v) is 20.6. The van der Waals surface area contributed by atoms with Crippen LogP contribution in [-0.2, 0) is 27.2 Å². The molecule has 2 rings (SSSR count). The van der Waals surface area contributed by atoms with Crippen molar-refractivity contribution in [1.82, 2.24) is 5.32 Å². The van der Waals surface area contributed by atoms with E-state index in [0.29, 0.717) is 31.6 Å². The molecular formula is C25H32F3N3O4S. The highest BCUT2D eigenvalue weighted by atomic mass is 32.2. The number of alkyl halides is 3. The minimum absolute atomic E-state index is 0.0296. The van der Waals surface area contributed by atoms with E-state index in [4.69, 9.17) is 21.4 Å². The van der Waals surface area contributed by atoms with Crippen molar-refractivity contribution >= 4 is 28.8 Å². The minimum atomic E-state index is -5.08. The lowest BCUT2D eigenvalue weighted by Gasteiger charge is -2.20. The predicted molar refractivity (Wildman–Crippen MR) is 134 cm³/mol. The van der Waals surface area contributed by atoms with Gasteiger partial charge in [0.2, 0.25) is 11.0 Å². The molecule has 0 aliphatic carbocycles. The number of amides is 1. The van der Waals surface area contributed by atoms with Gasteiger partial charge in [0.25, 0.3) is 0 Å². The minimum Gasteiger partial charge on any atom is -0.475 e. The highest BCUT2D eigenvalue weighted by Crippen LogP contribution is 2.14. The summed E-state index contributed by atoms with van der Waals surface area (Å²) in [6, 6.07) is 18.8. The van der Waals surface area contributed by atoms with E-state index in [0.717, 1.165) is 18.4 Å². The van der Waals surface area contributed by atoms with Crippen LogP contribution in [0.3, 0.4) is 0 Å². The number of hydrogen-bond acceptors (Lipinski definition) is 6. The van der Waals surface area contributed by atoms with Gasteiger partial charge in [0.05, 0.1) is 12.1 Å². The third-order valence-corrected chi connectivity index (χ3v) is 5.92. The first kappa shape index (κ1) is 31.1. The third kappa shape index (κ3) is 13.3. The number of nitrogens with one attached hydrogen (secondary N) is 1. The van der Waals surface area contributed by atoms with Crippen molar-refractivity contribution in [2.45, 2.75) is 50.4 Å². The summed E-state index contributed by atoms with van der Waals surface area (Å²) in [5.74, 6) is -2.36. The first-order chi connectivity index (χ1) is 17.0. The number of carbonyl (C=O) groups is 3. The average Bonchev–Trinajstić information content (AvgIpc) is 2.85. The van der Waals surface area contributed by atoms with Gasteiger partial charge in [-0.1, -0.05) is 72.4 Å². The first-order valence-corrected chi connectivity index (χ1v) is 12.3. The Hall–Kier alpha value is -2.89. The summed E-state index contributed by atoms with van der Waals surface area (Å²) in [5.41, 5.74) is 14.0.